The van der Waals surface area contributed by atoms with Crippen LogP contribution in [0.3, 0.4) is 0 Å². The summed E-state index contributed by atoms with van der Waals surface area (Å²) >= 11 is 0. The van der Waals surface area contributed by atoms with Gasteiger partial charge in [-0.2, -0.15) is 5.10 Å². The van der Waals surface area contributed by atoms with Crippen molar-refractivity contribution in [3.05, 3.63) is 53.9 Å². The average Bonchev–Trinajstić information content (AvgIpc) is 3.01. The molecule has 2 aromatic rings. The molecule has 0 spiro atoms. The first-order valence-electron chi connectivity index (χ1n) is 8.30. The summed E-state index contributed by atoms with van der Waals surface area (Å²) in [4.78, 5) is 11.8. The number of unbranched alkanes of at least 4 members (excludes halogenated alkanes) is 3. The van der Waals surface area contributed by atoms with Gasteiger partial charge in [-0.15, -0.1) is 0 Å². The van der Waals surface area contributed by atoms with Crippen molar-refractivity contribution in [2.75, 3.05) is 6.54 Å². The molecule has 2 rings (SSSR count). The molecule has 23 heavy (non-hydrogen) atoms. The molecule has 0 saturated heterocycles. The molecule has 1 amide bonds. The fourth-order valence-corrected chi connectivity index (χ4v) is 2.43. The third-order valence-corrected chi connectivity index (χ3v) is 3.72. The number of rotatable bonds is 10. The van der Waals surface area contributed by atoms with Crippen LogP contribution < -0.4 is 11.1 Å². The molecule has 0 unspecified atom stereocenters. The highest BCUT2D eigenvalue weighted by Crippen LogP contribution is 2.05. The van der Waals surface area contributed by atoms with Crippen molar-refractivity contribution in [2.24, 2.45) is 5.73 Å². The molecule has 0 saturated carbocycles. The summed E-state index contributed by atoms with van der Waals surface area (Å²) in [5.41, 5.74) is 7.68. The Labute approximate surface area is 137 Å². The first-order valence-corrected chi connectivity index (χ1v) is 8.30. The molecule has 0 fully saturated rings. The Morgan fingerprint density at radius 3 is 2.65 bits per heavy atom. The molecule has 1 aromatic heterocycles. The van der Waals surface area contributed by atoms with E-state index in [-0.39, 0.29) is 5.91 Å². The van der Waals surface area contributed by atoms with Crippen molar-refractivity contribution < 1.29 is 4.79 Å². The second-order valence-corrected chi connectivity index (χ2v) is 5.76. The number of hydrogen-bond donors (Lipinski definition) is 2. The summed E-state index contributed by atoms with van der Waals surface area (Å²) in [5.74, 6) is 0.105. The molecule has 0 atom stereocenters. The molecule has 1 aromatic carbocycles. The molecular weight excluding hydrogens is 288 g/mol. The van der Waals surface area contributed by atoms with Crippen molar-refractivity contribution in [3.8, 4) is 0 Å². The van der Waals surface area contributed by atoms with E-state index in [1.54, 1.807) is 0 Å². The van der Waals surface area contributed by atoms with Gasteiger partial charge in [0.05, 0.1) is 12.7 Å². The van der Waals surface area contributed by atoms with E-state index in [0.717, 1.165) is 44.3 Å². The molecule has 0 aliphatic heterocycles. The topological polar surface area (TPSA) is 72.9 Å². The van der Waals surface area contributed by atoms with E-state index in [2.05, 4.69) is 22.5 Å². The smallest absolute Gasteiger partial charge is 0.220 e. The van der Waals surface area contributed by atoms with E-state index in [1.807, 2.05) is 35.3 Å². The standard InChI is InChI=1S/C18H26N4O/c19-11-7-2-1-6-10-18(23)20-12-17-13-21-22(15-17)14-16-8-4-3-5-9-16/h3-5,8-9,13,15H,1-2,6-7,10-12,14,19H2,(H,20,23). The molecule has 3 N–H and O–H groups in total. The normalized spacial score (nSPS) is 10.7. The molecule has 0 bridgehead atoms. The van der Waals surface area contributed by atoms with Gasteiger partial charge in [0.15, 0.2) is 0 Å². The van der Waals surface area contributed by atoms with Gasteiger partial charge in [-0.3, -0.25) is 9.48 Å². The Morgan fingerprint density at radius 1 is 1.09 bits per heavy atom. The highest BCUT2D eigenvalue weighted by Gasteiger charge is 2.03. The Hall–Kier alpha value is -2.14. The highest BCUT2D eigenvalue weighted by atomic mass is 16.1. The van der Waals surface area contributed by atoms with Crippen LogP contribution >= 0.6 is 0 Å². The highest BCUT2D eigenvalue weighted by molar-refractivity contribution is 5.75. The first-order chi connectivity index (χ1) is 11.3. The zero-order valence-electron chi connectivity index (χ0n) is 13.6. The predicted octanol–water partition coefficient (Wildman–Crippen LogP) is 2.46. The predicted molar refractivity (Wildman–Crippen MR) is 91.8 cm³/mol. The maximum atomic E-state index is 11.8. The van der Waals surface area contributed by atoms with Crippen molar-refractivity contribution in [2.45, 2.75) is 45.2 Å². The van der Waals surface area contributed by atoms with E-state index in [0.29, 0.717) is 13.0 Å². The molecule has 0 aliphatic carbocycles. The van der Waals surface area contributed by atoms with Gasteiger partial charge in [0, 0.05) is 24.7 Å². The van der Waals surface area contributed by atoms with Crippen LogP contribution in [0, 0.1) is 0 Å². The number of carbonyl (C=O) groups is 1. The van der Waals surface area contributed by atoms with E-state index >= 15 is 0 Å². The SMILES string of the molecule is NCCCCCCC(=O)NCc1cnn(Cc2ccccc2)c1. The number of nitrogens with one attached hydrogen (secondary N) is 1. The van der Waals surface area contributed by atoms with Crippen molar-refractivity contribution in [1.29, 1.82) is 0 Å². The summed E-state index contributed by atoms with van der Waals surface area (Å²) < 4.78 is 1.89. The Bertz CT molecular complexity index is 580. The zero-order chi connectivity index (χ0) is 16.3. The second kappa shape index (κ2) is 9.79. The minimum absolute atomic E-state index is 0.105. The van der Waals surface area contributed by atoms with Gasteiger partial charge in [-0.1, -0.05) is 43.2 Å². The fourth-order valence-electron chi connectivity index (χ4n) is 2.43. The van der Waals surface area contributed by atoms with E-state index in [9.17, 15) is 4.79 Å². The Morgan fingerprint density at radius 2 is 1.87 bits per heavy atom. The second-order valence-electron chi connectivity index (χ2n) is 5.76. The van der Waals surface area contributed by atoms with Crippen LogP contribution in [0.5, 0.6) is 0 Å². The summed E-state index contributed by atoms with van der Waals surface area (Å²) in [7, 11) is 0. The summed E-state index contributed by atoms with van der Waals surface area (Å²) in [5, 5.41) is 7.29. The number of carbonyl (C=O) groups excluding carboxylic acids is 1. The molecule has 124 valence electrons. The average molecular weight is 314 g/mol. The minimum atomic E-state index is 0.105. The Balaban J connectivity index is 1.67. The van der Waals surface area contributed by atoms with Crippen molar-refractivity contribution in [1.82, 2.24) is 15.1 Å². The Kier molecular flexibility index (Phi) is 7.33. The molecule has 5 heteroatoms. The van der Waals surface area contributed by atoms with Gasteiger partial charge < -0.3 is 11.1 Å². The molecule has 0 radical (unpaired) electrons. The number of nitrogens with two attached hydrogens (primary N) is 1. The third kappa shape index (κ3) is 6.65. The maximum absolute atomic E-state index is 11.8. The van der Waals surface area contributed by atoms with E-state index in [1.165, 1.54) is 5.56 Å². The van der Waals surface area contributed by atoms with Gasteiger partial charge in [-0.25, -0.2) is 0 Å². The summed E-state index contributed by atoms with van der Waals surface area (Å²) in [6.07, 6.45) is 8.53. The van der Waals surface area contributed by atoms with E-state index < -0.39 is 0 Å². The van der Waals surface area contributed by atoms with Crippen LogP contribution in [0.25, 0.3) is 0 Å². The number of amides is 1. The van der Waals surface area contributed by atoms with Crippen LogP contribution in [0.1, 0.15) is 43.2 Å². The van der Waals surface area contributed by atoms with Crippen LogP contribution in [0.4, 0.5) is 0 Å². The van der Waals surface area contributed by atoms with Gasteiger partial charge in [0.1, 0.15) is 0 Å². The molecular formula is C18H26N4O. The number of hydrogen-bond acceptors (Lipinski definition) is 3. The third-order valence-electron chi connectivity index (χ3n) is 3.72. The first kappa shape index (κ1) is 17.2. The summed E-state index contributed by atoms with van der Waals surface area (Å²) in [6.45, 7) is 2.02. The quantitative estimate of drug-likeness (QED) is 0.662. The lowest BCUT2D eigenvalue weighted by molar-refractivity contribution is -0.121. The summed E-state index contributed by atoms with van der Waals surface area (Å²) in [6, 6.07) is 10.2. The zero-order valence-corrected chi connectivity index (χ0v) is 13.6. The minimum Gasteiger partial charge on any atom is -0.352 e. The molecule has 0 aliphatic rings. The fraction of sp³-hybridized carbons (Fsp3) is 0.444. The lowest BCUT2D eigenvalue weighted by Crippen LogP contribution is -2.22. The van der Waals surface area contributed by atoms with Crippen molar-refractivity contribution in [3.63, 3.8) is 0 Å². The number of benzene rings is 1. The monoisotopic (exact) mass is 314 g/mol. The van der Waals surface area contributed by atoms with Gasteiger partial charge in [-0.05, 0) is 24.9 Å². The van der Waals surface area contributed by atoms with Crippen LogP contribution in [0.15, 0.2) is 42.7 Å². The number of aromatic nitrogens is 2. The lowest BCUT2D eigenvalue weighted by Gasteiger charge is -2.04. The van der Waals surface area contributed by atoms with Gasteiger partial charge >= 0.3 is 0 Å². The number of nitrogens with zero attached hydrogens (tertiary/aromatic N) is 2. The lowest BCUT2D eigenvalue weighted by atomic mass is 10.1. The van der Waals surface area contributed by atoms with Crippen LogP contribution in [0.2, 0.25) is 0 Å². The largest absolute Gasteiger partial charge is 0.352 e. The van der Waals surface area contributed by atoms with E-state index in [4.69, 9.17) is 5.73 Å². The maximum Gasteiger partial charge on any atom is 0.220 e. The molecule has 5 nitrogen and oxygen atoms in total. The van der Waals surface area contributed by atoms with Crippen molar-refractivity contribution >= 4 is 5.91 Å². The molecule has 1 heterocycles. The van der Waals surface area contributed by atoms with Gasteiger partial charge in [0.25, 0.3) is 0 Å². The van der Waals surface area contributed by atoms with Crippen LogP contribution in [-0.4, -0.2) is 22.2 Å². The van der Waals surface area contributed by atoms with Crippen LogP contribution in [-0.2, 0) is 17.9 Å². The van der Waals surface area contributed by atoms with Gasteiger partial charge in [0.2, 0.25) is 5.91 Å².